The zero-order valence-electron chi connectivity index (χ0n) is 15.0. The minimum atomic E-state index is 0.147. The molecule has 1 aromatic carbocycles. The van der Waals surface area contributed by atoms with E-state index in [-0.39, 0.29) is 6.10 Å². The molecule has 2 aliphatic heterocycles. The van der Waals surface area contributed by atoms with Crippen LogP contribution in [0.5, 0.6) is 5.88 Å². The van der Waals surface area contributed by atoms with Gasteiger partial charge in [0.25, 0.3) is 0 Å². The Morgan fingerprint density at radius 1 is 1.04 bits per heavy atom. The summed E-state index contributed by atoms with van der Waals surface area (Å²) in [4.78, 5) is 9.71. The molecule has 1 aromatic heterocycles. The Kier molecular flexibility index (Phi) is 4.88. The van der Waals surface area contributed by atoms with E-state index in [0.29, 0.717) is 0 Å². The molecule has 2 aromatic rings. The molecule has 2 aliphatic rings. The number of piperidine rings is 1. The van der Waals surface area contributed by atoms with E-state index in [1.807, 2.05) is 0 Å². The van der Waals surface area contributed by atoms with Crippen molar-refractivity contribution in [1.82, 2.24) is 9.88 Å². The van der Waals surface area contributed by atoms with Crippen LogP contribution in [0, 0.1) is 0 Å². The lowest BCUT2D eigenvalue weighted by Crippen LogP contribution is -2.30. The number of nitrogens with zero attached hydrogens (tertiary/aromatic N) is 3. The van der Waals surface area contributed by atoms with E-state index in [0.717, 1.165) is 44.4 Å². The Labute approximate surface area is 150 Å². The van der Waals surface area contributed by atoms with Crippen LogP contribution in [-0.4, -0.2) is 35.6 Å². The Bertz CT molecular complexity index is 698. The first kappa shape index (κ1) is 16.4. The summed E-state index contributed by atoms with van der Waals surface area (Å²) >= 11 is 0. The number of ether oxygens (including phenoxy) is 1. The van der Waals surface area contributed by atoms with E-state index in [2.05, 4.69) is 59.2 Å². The Morgan fingerprint density at radius 2 is 1.84 bits per heavy atom. The second-order valence-corrected chi connectivity index (χ2v) is 7.27. The van der Waals surface area contributed by atoms with Crippen LogP contribution in [0.25, 0.3) is 0 Å². The number of anilines is 1. The third-order valence-electron chi connectivity index (χ3n) is 5.08. The number of fused-ring (bicyclic) bond motifs is 1. The van der Waals surface area contributed by atoms with Crippen LogP contribution in [-0.2, 0) is 13.1 Å². The standard InChI is InChI=1S/C21H27N3O/c1-17-14-23(15-18-8-4-2-5-9-18)16-19-10-11-20(22-21(19)25-17)24-12-6-3-7-13-24/h2,4-5,8-11,17H,3,6-7,12-16H2,1H3. The number of hydrogen-bond acceptors (Lipinski definition) is 4. The van der Waals surface area contributed by atoms with Crippen molar-refractivity contribution in [3.05, 3.63) is 53.6 Å². The van der Waals surface area contributed by atoms with Crippen molar-refractivity contribution in [3.8, 4) is 5.88 Å². The molecule has 25 heavy (non-hydrogen) atoms. The van der Waals surface area contributed by atoms with Crippen LogP contribution in [0.2, 0.25) is 0 Å². The van der Waals surface area contributed by atoms with Gasteiger partial charge in [-0.1, -0.05) is 30.3 Å². The van der Waals surface area contributed by atoms with Crippen molar-refractivity contribution in [2.24, 2.45) is 0 Å². The van der Waals surface area contributed by atoms with E-state index in [1.54, 1.807) is 0 Å². The van der Waals surface area contributed by atoms with E-state index < -0.39 is 0 Å². The fraction of sp³-hybridized carbons (Fsp3) is 0.476. The molecule has 1 atom stereocenters. The first-order valence-corrected chi connectivity index (χ1v) is 9.46. The van der Waals surface area contributed by atoms with Gasteiger partial charge in [-0.3, -0.25) is 4.90 Å². The molecule has 1 saturated heterocycles. The second kappa shape index (κ2) is 7.44. The summed E-state index contributed by atoms with van der Waals surface area (Å²) in [6.07, 6.45) is 4.01. The average Bonchev–Trinajstić information content (AvgIpc) is 2.80. The maximum Gasteiger partial charge on any atom is 0.220 e. The van der Waals surface area contributed by atoms with Gasteiger partial charge in [-0.15, -0.1) is 0 Å². The minimum absolute atomic E-state index is 0.147. The molecule has 0 spiro atoms. The van der Waals surface area contributed by atoms with Crippen molar-refractivity contribution in [2.75, 3.05) is 24.5 Å². The fourth-order valence-electron chi connectivity index (χ4n) is 3.84. The predicted octanol–water partition coefficient (Wildman–Crippen LogP) is 3.86. The molecule has 1 fully saturated rings. The van der Waals surface area contributed by atoms with Crippen LogP contribution in [0.1, 0.15) is 37.3 Å². The van der Waals surface area contributed by atoms with Gasteiger partial charge >= 0.3 is 0 Å². The van der Waals surface area contributed by atoms with E-state index in [4.69, 9.17) is 9.72 Å². The summed E-state index contributed by atoms with van der Waals surface area (Å²) in [6, 6.07) is 15.0. The number of benzene rings is 1. The molecule has 132 valence electrons. The highest BCUT2D eigenvalue weighted by Gasteiger charge is 2.23. The lowest BCUT2D eigenvalue weighted by atomic mass is 10.1. The number of hydrogen-bond donors (Lipinski definition) is 0. The highest BCUT2D eigenvalue weighted by molar-refractivity contribution is 5.44. The van der Waals surface area contributed by atoms with Crippen molar-refractivity contribution in [3.63, 3.8) is 0 Å². The minimum Gasteiger partial charge on any atom is -0.473 e. The van der Waals surface area contributed by atoms with Crippen LogP contribution in [0.4, 0.5) is 5.82 Å². The molecule has 0 bridgehead atoms. The van der Waals surface area contributed by atoms with E-state index >= 15 is 0 Å². The Hall–Kier alpha value is -2.07. The maximum absolute atomic E-state index is 6.18. The van der Waals surface area contributed by atoms with E-state index in [9.17, 15) is 0 Å². The van der Waals surface area contributed by atoms with Gasteiger partial charge in [0.1, 0.15) is 11.9 Å². The topological polar surface area (TPSA) is 28.6 Å². The molecule has 0 aliphatic carbocycles. The summed E-state index contributed by atoms with van der Waals surface area (Å²) in [7, 11) is 0. The van der Waals surface area contributed by atoms with Crippen LogP contribution in [0.15, 0.2) is 42.5 Å². The predicted molar refractivity (Wildman–Crippen MR) is 101 cm³/mol. The SMILES string of the molecule is CC1CN(Cc2ccccc2)Cc2ccc(N3CCCCC3)nc2O1. The molecule has 0 N–H and O–H groups in total. The monoisotopic (exact) mass is 337 g/mol. The van der Waals surface area contributed by atoms with Gasteiger partial charge in [-0.25, -0.2) is 0 Å². The van der Waals surface area contributed by atoms with Crippen molar-refractivity contribution >= 4 is 5.82 Å². The van der Waals surface area contributed by atoms with Gasteiger partial charge in [-0.2, -0.15) is 4.98 Å². The smallest absolute Gasteiger partial charge is 0.220 e. The molecule has 4 nitrogen and oxygen atoms in total. The summed E-state index contributed by atoms with van der Waals surface area (Å²) in [5.41, 5.74) is 2.54. The number of rotatable bonds is 3. The third kappa shape index (κ3) is 3.96. The molecule has 0 amide bonds. The fourth-order valence-corrected chi connectivity index (χ4v) is 3.84. The number of aromatic nitrogens is 1. The largest absolute Gasteiger partial charge is 0.473 e. The normalized spacial score (nSPS) is 21.3. The first-order chi connectivity index (χ1) is 12.3. The molecular formula is C21H27N3O. The first-order valence-electron chi connectivity index (χ1n) is 9.46. The molecule has 4 heteroatoms. The maximum atomic E-state index is 6.18. The molecule has 0 saturated carbocycles. The molecule has 0 radical (unpaired) electrons. The quantitative estimate of drug-likeness (QED) is 0.850. The summed E-state index contributed by atoms with van der Waals surface area (Å²) < 4.78 is 6.18. The lowest BCUT2D eigenvalue weighted by Gasteiger charge is -2.28. The molecule has 4 rings (SSSR count). The second-order valence-electron chi connectivity index (χ2n) is 7.27. The highest BCUT2D eigenvalue weighted by atomic mass is 16.5. The lowest BCUT2D eigenvalue weighted by molar-refractivity contribution is 0.153. The van der Waals surface area contributed by atoms with Crippen LogP contribution < -0.4 is 9.64 Å². The van der Waals surface area contributed by atoms with Gasteiger partial charge < -0.3 is 9.64 Å². The number of pyridine rings is 1. The van der Waals surface area contributed by atoms with Gasteiger partial charge in [-0.05, 0) is 43.9 Å². The average molecular weight is 337 g/mol. The molecule has 1 unspecified atom stereocenters. The van der Waals surface area contributed by atoms with Crippen molar-refractivity contribution < 1.29 is 4.74 Å². The van der Waals surface area contributed by atoms with Crippen molar-refractivity contribution in [2.45, 2.75) is 45.4 Å². The Balaban J connectivity index is 1.53. The van der Waals surface area contributed by atoms with E-state index in [1.165, 1.54) is 30.4 Å². The summed E-state index contributed by atoms with van der Waals surface area (Å²) in [5, 5.41) is 0. The zero-order valence-corrected chi connectivity index (χ0v) is 15.0. The van der Waals surface area contributed by atoms with Gasteiger partial charge in [0.2, 0.25) is 5.88 Å². The Morgan fingerprint density at radius 3 is 2.64 bits per heavy atom. The molecular weight excluding hydrogens is 310 g/mol. The highest BCUT2D eigenvalue weighted by Crippen LogP contribution is 2.28. The van der Waals surface area contributed by atoms with Gasteiger partial charge in [0, 0.05) is 38.3 Å². The third-order valence-corrected chi connectivity index (χ3v) is 5.08. The van der Waals surface area contributed by atoms with Gasteiger partial charge in [0.05, 0.1) is 0 Å². The molecule has 3 heterocycles. The zero-order chi connectivity index (χ0) is 17.1. The van der Waals surface area contributed by atoms with Crippen molar-refractivity contribution in [1.29, 1.82) is 0 Å². The summed E-state index contributed by atoms with van der Waals surface area (Å²) in [6.45, 7) is 7.12. The van der Waals surface area contributed by atoms with Crippen LogP contribution >= 0.6 is 0 Å². The summed E-state index contributed by atoms with van der Waals surface area (Å²) in [5.74, 6) is 1.90. The van der Waals surface area contributed by atoms with Gasteiger partial charge in [0.15, 0.2) is 0 Å². The van der Waals surface area contributed by atoms with Crippen LogP contribution in [0.3, 0.4) is 0 Å².